The van der Waals surface area contributed by atoms with Crippen LogP contribution in [0.25, 0.3) is 16.9 Å². The van der Waals surface area contributed by atoms with Crippen LogP contribution in [0.3, 0.4) is 0 Å². The number of hydrogen-bond acceptors (Lipinski definition) is 6. The van der Waals surface area contributed by atoms with Crippen molar-refractivity contribution in [1.29, 1.82) is 0 Å². The van der Waals surface area contributed by atoms with E-state index in [0.717, 1.165) is 48.4 Å². The molecule has 5 heterocycles. The van der Waals surface area contributed by atoms with E-state index in [1.54, 1.807) is 12.4 Å². The summed E-state index contributed by atoms with van der Waals surface area (Å²) in [5.74, 6) is 0.356. The first-order chi connectivity index (χ1) is 17.8. The average molecular weight is 501 g/mol. The molecular weight excluding hydrogens is 471 g/mol. The highest BCUT2D eigenvalue weighted by molar-refractivity contribution is 6.06. The molecule has 1 amide bonds. The van der Waals surface area contributed by atoms with Crippen LogP contribution in [0, 0.1) is 11.7 Å². The molecule has 1 aromatic carbocycles. The van der Waals surface area contributed by atoms with Crippen LogP contribution in [-0.4, -0.2) is 44.1 Å². The Morgan fingerprint density at radius 2 is 2.03 bits per heavy atom. The van der Waals surface area contributed by atoms with Gasteiger partial charge in [0.1, 0.15) is 17.3 Å². The molecule has 0 spiro atoms. The largest absolute Gasteiger partial charge is 0.390 e. The fourth-order valence-electron chi connectivity index (χ4n) is 5.42. The number of imidazole rings is 1. The lowest BCUT2D eigenvalue weighted by Crippen LogP contribution is -2.44. The number of nitrogens with one attached hydrogen (secondary N) is 2. The van der Waals surface area contributed by atoms with E-state index >= 15 is 0 Å². The molecule has 190 valence electrons. The van der Waals surface area contributed by atoms with Gasteiger partial charge in [-0.3, -0.25) is 9.20 Å². The van der Waals surface area contributed by atoms with E-state index in [2.05, 4.69) is 25.5 Å². The number of hydrogen-bond donors (Lipinski definition) is 3. The highest BCUT2D eigenvalue weighted by Gasteiger charge is 2.31. The number of carbonyl (C=O) groups excluding carboxylic acids is 1. The van der Waals surface area contributed by atoms with Crippen molar-refractivity contribution in [3.8, 4) is 11.3 Å². The van der Waals surface area contributed by atoms with Gasteiger partial charge in [-0.2, -0.15) is 0 Å². The predicted octanol–water partition coefficient (Wildman–Crippen LogP) is 4.51. The zero-order valence-electron chi connectivity index (χ0n) is 20.8. The molecule has 0 radical (unpaired) electrons. The van der Waals surface area contributed by atoms with Crippen molar-refractivity contribution < 1.29 is 14.3 Å². The van der Waals surface area contributed by atoms with Crippen LogP contribution in [0.2, 0.25) is 0 Å². The molecular formula is C28H29FN6O2. The molecule has 3 aromatic heterocycles. The van der Waals surface area contributed by atoms with Crippen molar-refractivity contribution in [2.45, 2.75) is 38.8 Å². The molecule has 6 rings (SSSR count). The minimum absolute atomic E-state index is 0.151. The lowest BCUT2D eigenvalue weighted by molar-refractivity contribution is 0.0110. The number of amides is 1. The summed E-state index contributed by atoms with van der Waals surface area (Å²) < 4.78 is 15.5. The molecule has 2 aliphatic heterocycles. The molecule has 2 aliphatic rings. The summed E-state index contributed by atoms with van der Waals surface area (Å²) >= 11 is 0. The molecule has 37 heavy (non-hydrogen) atoms. The smallest absolute Gasteiger partial charge is 0.254 e. The van der Waals surface area contributed by atoms with Gasteiger partial charge in [0.25, 0.3) is 5.91 Å². The Balaban J connectivity index is 1.27. The lowest BCUT2D eigenvalue weighted by atomic mass is 9.84. The van der Waals surface area contributed by atoms with Gasteiger partial charge in [0, 0.05) is 43.4 Å². The van der Waals surface area contributed by atoms with E-state index in [4.69, 9.17) is 0 Å². The first-order valence-corrected chi connectivity index (χ1v) is 12.6. The molecule has 0 saturated carbocycles. The zero-order valence-corrected chi connectivity index (χ0v) is 20.8. The van der Waals surface area contributed by atoms with Crippen molar-refractivity contribution in [2.75, 3.05) is 23.3 Å². The Hall–Kier alpha value is -3.98. The quantitative estimate of drug-likeness (QED) is 0.373. The Morgan fingerprint density at radius 1 is 1.16 bits per heavy atom. The van der Waals surface area contributed by atoms with E-state index in [0.29, 0.717) is 29.3 Å². The van der Waals surface area contributed by atoms with E-state index in [9.17, 15) is 14.3 Å². The number of anilines is 3. The molecule has 1 fully saturated rings. The van der Waals surface area contributed by atoms with Gasteiger partial charge >= 0.3 is 0 Å². The van der Waals surface area contributed by atoms with Crippen LogP contribution < -0.4 is 15.5 Å². The second-order valence-corrected chi connectivity index (χ2v) is 10.4. The summed E-state index contributed by atoms with van der Waals surface area (Å²) in [6, 6.07) is 10.5. The Morgan fingerprint density at radius 3 is 2.81 bits per heavy atom. The highest BCUT2D eigenvalue weighted by Crippen LogP contribution is 2.36. The maximum Gasteiger partial charge on any atom is 0.254 e. The monoisotopic (exact) mass is 500 g/mol. The number of benzene rings is 1. The normalized spacial score (nSPS) is 17.7. The van der Waals surface area contributed by atoms with Crippen molar-refractivity contribution in [2.24, 2.45) is 5.92 Å². The molecule has 0 bridgehead atoms. The first-order valence-electron chi connectivity index (χ1n) is 12.6. The molecule has 0 aliphatic carbocycles. The molecule has 3 N–H and O–H groups in total. The zero-order chi connectivity index (χ0) is 25.7. The number of fused-ring (bicyclic) bond motifs is 2. The van der Waals surface area contributed by atoms with E-state index < -0.39 is 5.60 Å². The third kappa shape index (κ3) is 4.29. The van der Waals surface area contributed by atoms with Crippen LogP contribution >= 0.6 is 0 Å². The molecule has 1 atom stereocenters. The Bertz CT molecular complexity index is 1490. The number of piperidine rings is 1. The van der Waals surface area contributed by atoms with Gasteiger partial charge < -0.3 is 20.6 Å². The van der Waals surface area contributed by atoms with Crippen LogP contribution in [0.5, 0.6) is 0 Å². The summed E-state index contributed by atoms with van der Waals surface area (Å²) in [5, 5.41) is 16.7. The third-order valence-electron chi connectivity index (χ3n) is 7.51. The Kier molecular flexibility index (Phi) is 5.60. The topological polar surface area (TPSA) is 94.8 Å². The van der Waals surface area contributed by atoms with Crippen molar-refractivity contribution >= 4 is 28.7 Å². The minimum Gasteiger partial charge on any atom is -0.390 e. The number of rotatable bonds is 5. The van der Waals surface area contributed by atoms with E-state index in [1.165, 1.54) is 12.1 Å². The summed E-state index contributed by atoms with van der Waals surface area (Å²) in [4.78, 5) is 24.0. The van der Waals surface area contributed by atoms with Gasteiger partial charge in [0.15, 0.2) is 0 Å². The van der Waals surface area contributed by atoms with Crippen LogP contribution in [0.15, 0.2) is 55.0 Å². The van der Waals surface area contributed by atoms with Gasteiger partial charge in [-0.1, -0.05) is 6.07 Å². The standard InChI is InChI=1S/C28H29FN6O2/c1-28(2,37)17-4-3-10-34(16-17)19-5-8-24(30-13-19)33-22-7-6-20(21-14-32-27(36)26(21)22)23-15-31-25-12-18(29)9-11-35(23)25/h5-9,11-13,15,17,37H,3-4,10,14,16H2,1-2H3,(H,30,33)(H,32,36)/t17-/m0/s1. The van der Waals surface area contributed by atoms with Gasteiger partial charge in [0.2, 0.25) is 0 Å². The van der Waals surface area contributed by atoms with E-state index in [-0.39, 0.29) is 17.6 Å². The molecule has 4 aromatic rings. The van der Waals surface area contributed by atoms with E-state index in [1.807, 2.05) is 48.7 Å². The number of aliphatic hydroxyl groups is 1. The summed E-state index contributed by atoms with van der Waals surface area (Å²) in [7, 11) is 0. The maximum atomic E-state index is 13.6. The molecule has 8 nitrogen and oxygen atoms in total. The Labute approximate surface area is 214 Å². The maximum absolute atomic E-state index is 13.6. The lowest BCUT2D eigenvalue weighted by Gasteiger charge is -2.39. The number of aromatic nitrogens is 3. The molecule has 9 heteroatoms. The third-order valence-corrected chi connectivity index (χ3v) is 7.51. The minimum atomic E-state index is -0.708. The van der Waals surface area contributed by atoms with Gasteiger partial charge in [-0.05, 0) is 56.5 Å². The van der Waals surface area contributed by atoms with Crippen molar-refractivity contribution in [3.05, 3.63) is 71.9 Å². The van der Waals surface area contributed by atoms with Crippen molar-refractivity contribution in [1.82, 2.24) is 19.7 Å². The fourth-order valence-corrected chi connectivity index (χ4v) is 5.42. The average Bonchev–Trinajstić information content (AvgIpc) is 3.48. The van der Waals surface area contributed by atoms with Crippen LogP contribution in [0.4, 0.5) is 21.6 Å². The molecule has 0 unspecified atom stereocenters. The molecule has 1 saturated heterocycles. The number of pyridine rings is 2. The predicted molar refractivity (Wildman–Crippen MR) is 141 cm³/mol. The van der Waals surface area contributed by atoms with Crippen LogP contribution in [0.1, 0.15) is 42.6 Å². The number of nitrogens with zero attached hydrogens (tertiary/aromatic N) is 4. The number of halogens is 1. The van der Waals surface area contributed by atoms with Gasteiger partial charge in [-0.25, -0.2) is 14.4 Å². The highest BCUT2D eigenvalue weighted by atomic mass is 19.1. The second kappa shape index (κ2) is 8.85. The van der Waals surface area contributed by atoms with Crippen molar-refractivity contribution in [3.63, 3.8) is 0 Å². The van der Waals surface area contributed by atoms with Crippen LogP contribution in [-0.2, 0) is 6.54 Å². The van der Waals surface area contributed by atoms with Gasteiger partial charge in [-0.15, -0.1) is 0 Å². The summed E-state index contributed by atoms with van der Waals surface area (Å²) in [5.41, 5.74) is 4.59. The SMILES string of the molecule is CC(C)(O)[C@H]1CCCN(c2ccc(Nc3ccc(-c4cnc5cc(F)ccn45)c4c3C(=O)NC4)nc2)C1. The summed E-state index contributed by atoms with van der Waals surface area (Å²) in [6.07, 6.45) is 7.23. The summed E-state index contributed by atoms with van der Waals surface area (Å²) in [6.45, 7) is 5.88. The first kappa shape index (κ1) is 23.4. The fraction of sp³-hybridized carbons (Fsp3) is 0.321. The van der Waals surface area contributed by atoms with Gasteiger partial charge in [0.05, 0.1) is 40.6 Å². The second-order valence-electron chi connectivity index (χ2n) is 10.4. The number of carbonyl (C=O) groups is 1.